The topological polar surface area (TPSA) is 35.9 Å². The van der Waals surface area contributed by atoms with Crippen molar-refractivity contribution in [2.45, 2.75) is 19.9 Å². The number of rotatable bonds is 8. The fourth-order valence-electron chi connectivity index (χ4n) is 3.63. The molecule has 0 amide bonds. The van der Waals surface area contributed by atoms with Crippen molar-refractivity contribution in [2.24, 2.45) is 11.8 Å². The molecule has 4 nitrogen and oxygen atoms in total. The van der Waals surface area contributed by atoms with Gasteiger partial charge in [-0.15, -0.1) is 0 Å². The molecule has 130 valence electrons. The van der Waals surface area contributed by atoms with Gasteiger partial charge < -0.3 is 14.7 Å². The molecule has 2 atom stereocenters. The number of aryl methyl sites for hydroxylation is 1. The van der Waals surface area contributed by atoms with Crippen molar-refractivity contribution >= 4 is 0 Å². The van der Waals surface area contributed by atoms with E-state index in [1.165, 1.54) is 11.1 Å². The van der Waals surface area contributed by atoms with Crippen LogP contribution in [0.5, 0.6) is 0 Å². The van der Waals surface area contributed by atoms with E-state index < -0.39 is 0 Å². The fourth-order valence-corrected chi connectivity index (χ4v) is 3.63. The molecule has 0 saturated carbocycles. The normalized spacial score (nSPS) is 22.7. The number of piperidine rings is 1. The summed E-state index contributed by atoms with van der Waals surface area (Å²) in [4.78, 5) is 4.86. The molecular weight excluding hydrogens is 288 g/mol. The fraction of sp³-hybridized carbons (Fsp3) is 0.684. The highest BCUT2D eigenvalue weighted by atomic mass is 16.5. The van der Waals surface area contributed by atoms with Gasteiger partial charge in [0.05, 0.1) is 6.61 Å². The molecule has 1 N–H and O–H groups in total. The minimum atomic E-state index is 0.294. The lowest BCUT2D eigenvalue weighted by atomic mass is 9.89. The number of nitrogens with zero attached hydrogens (tertiary/aromatic N) is 2. The zero-order chi connectivity index (χ0) is 16.7. The van der Waals surface area contributed by atoms with E-state index in [2.05, 4.69) is 48.0 Å². The smallest absolute Gasteiger partial charge is 0.0589 e. The zero-order valence-electron chi connectivity index (χ0n) is 14.9. The number of likely N-dealkylation sites (tertiary alicyclic amines) is 1. The molecule has 0 aromatic heterocycles. The predicted molar refractivity (Wildman–Crippen MR) is 94.5 cm³/mol. The number of benzene rings is 1. The molecule has 4 heteroatoms. The maximum absolute atomic E-state index is 9.66. The van der Waals surface area contributed by atoms with E-state index >= 15 is 0 Å². The molecule has 1 fully saturated rings. The molecule has 2 rings (SSSR count). The van der Waals surface area contributed by atoms with E-state index in [1.54, 1.807) is 7.11 Å². The van der Waals surface area contributed by atoms with E-state index in [9.17, 15) is 5.11 Å². The molecule has 0 radical (unpaired) electrons. The van der Waals surface area contributed by atoms with Gasteiger partial charge in [0.2, 0.25) is 0 Å². The molecule has 23 heavy (non-hydrogen) atoms. The average Bonchev–Trinajstić information content (AvgIpc) is 2.55. The predicted octanol–water partition coefficient (Wildman–Crippen LogP) is 2.00. The van der Waals surface area contributed by atoms with E-state index in [0.29, 0.717) is 18.4 Å². The Morgan fingerprint density at radius 1 is 1.26 bits per heavy atom. The van der Waals surface area contributed by atoms with Crippen molar-refractivity contribution < 1.29 is 9.84 Å². The van der Waals surface area contributed by atoms with Crippen molar-refractivity contribution in [1.29, 1.82) is 0 Å². The Bertz CT molecular complexity index is 466. The molecule has 1 aliphatic rings. The summed E-state index contributed by atoms with van der Waals surface area (Å²) in [5.41, 5.74) is 2.75. The Hall–Kier alpha value is -0.940. The van der Waals surface area contributed by atoms with Gasteiger partial charge in [-0.25, -0.2) is 0 Å². The first-order valence-electron chi connectivity index (χ1n) is 8.67. The summed E-state index contributed by atoms with van der Waals surface area (Å²) in [6, 6.07) is 8.61. The molecule has 0 spiro atoms. The van der Waals surface area contributed by atoms with Crippen molar-refractivity contribution in [3.8, 4) is 0 Å². The van der Waals surface area contributed by atoms with Gasteiger partial charge >= 0.3 is 0 Å². The van der Waals surface area contributed by atoms with Crippen LogP contribution in [0.3, 0.4) is 0 Å². The van der Waals surface area contributed by atoms with E-state index in [1.807, 2.05) is 0 Å². The number of aliphatic hydroxyl groups excluding tert-OH is 1. The summed E-state index contributed by atoms with van der Waals surface area (Å²) in [6.45, 7) is 8.40. The Labute approximate surface area is 141 Å². The largest absolute Gasteiger partial charge is 0.396 e. The molecule has 1 heterocycles. The summed E-state index contributed by atoms with van der Waals surface area (Å²) in [5.74, 6) is 1.01. The first kappa shape index (κ1) is 18.4. The van der Waals surface area contributed by atoms with Crippen LogP contribution in [-0.2, 0) is 11.3 Å². The van der Waals surface area contributed by atoms with Gasteiger partial charge in [-0.3, -0.25) is 4.90 Å². The van der Waals surface area contributed by atoms with Crippen molar-refractivity contribution in [3.05, 3.63) is 35.4 Å². The number of ether oxygens (including phenoxy) is 1. The molecule has 1 aliphatic heterocycles. The number of hydrogen-bond donors (Lipinski definition) is 1. The Kier molecular flexibility index (Phi) is 7.50. The minimum absolute atomic E-state index is 0.294. The van der Waals surface area contributed by atoms with Gasteiger partial charge in [-0.1, -0.05) is 24.3 Å². The second kappa shape index (κ2) is 9.38. The van der Waals surface area contributed by atoms with Crippen molar-refractivity contribution in [3.63, 3.8) is 0 Å². The lowest BCUT2D eigenvalue weighted by Crippen LogP contribution is -2.45. The van der Waals surface area contributed by atoms with Crippen LogP contribution in [0, 0.1) is 18.8 Å². The number of methoxy groups -OCH3 is 1. The molecule has 0 unspecified atom stereocenters. The second-order valence-corrected chi connectivity index (χ2v) is 7.03. The minimum Gasteiger partial charge on any atom is -0.396 e. The van der Waals surface area contributed by atoms with E-state index in [0.717, 1.165) is 45.8 Å². The zero-order valence-corrected chi connectivity index (χ0v) is 14.9. The van der Waals surface area contributed by atoms with Crippen LogP contribution >= 0.6 is 0 Å². The Morgan fingerprint density at radius 2 is 2.00 bits per heavy atom. The first-order chi connectivity index (χ1) is 11.1. The van der Waals surface area contributed by atoms with Gasteiger partial charge in [0, 0.05) is 46.4 Å². The van der Waals surface area contributed by atoms with Crippen LogP contribution in [0.15, 0.2) is 24.3 Å². The highest BCUT2D eigenvalue weighted by Gasteiger charge is 2.27. The maximum atomic E-state index is 9.66. The highest BCUT2D eigenvalue weighted by molar-refractivity contribution is 5.25. The summed E-state index contributed by atoms with van der Waals surface area (Å²) in [6.07, 6.45) is 1.12. The second-order valence-electron chi connectivity index (χ2n) is 7.03. The summed E-state index contributed by atoms with van der Waals surface area (Å²) in [5, 5.41) is 9.66. The third kappa shape index (κ3) is 5.88. The quantitative estimate of drug-likeness (QED) is 0.795. The molecule has 0 bridgehead atoms. The van der Waals surface area contributed by atoms with Crippen LogP contribution in [-0.4, -0.2) is 68.5 Å². The van der Waals surface area contributed by atoms with Gasteiger partial charge in [0.1, 0.15) is 0 Å². The Morgan fingerprint density at radius 3 is 2.70 bits per heavy atom. The lowest BCUT2D eigenvalue weighted by molar-refractivity contribution is 0.0614. The van der Waals surface area contributed by atoms with E-state index in [4.69, 9.17) is 4.74 Å². The highest BCUT2D eigenvalue weighted by Crippen LogP contribution is 2.24. The lowest BCUT2D eigenvalue weighted by Gasteiger charge is -2.39. The SMILES string of the molecule is COCCN(C)C[C@H]1C[C@H](CO)CN(Cc2ccccc2C)C1. The van der Waals surface area contributed by atoms with Crippen LogP contribution in [0.4, 0.5) is 0 Å². The summed E-state index contributed by atoms with van der Waals surface area (Å²) >= 11 is 0. The number of hydrogen-bond acceptors (Lipinski definition) is 4. The monoisotopic (exact) mass is 320 g/mol. The summed E-state index contributed by atoms with van der Waals surface area (Å²) in [7, 11) is 3.91. The molecule has 1 saturated heterocycles. The maximum Gasteiger partial charge on any atom is 0.0589 e. The molecule has 1 aromatic rings. The van der Waals surface area contributed by atoms with Crippen LogP contribution in [0.25, 0.3) is 0 Å². The third-order valence-electron chi connectivity index (χ3n) is 4.86. The van der Waals surface area contributed by atoms with Crippen LogP contribution < -0.4 is 0 Å². The van der Waals surface area contributed by atoms with Crippen LogP contribution in [0.2, 0.25) is 0 Å². The average molecular weight is 320 g/mol. The third-order valence-corrected chi connectivity index (χ3v) is 4.86. The van der Waals surface area contributed by atoms with Crippen molar-refractivity contribution in [2.75, 3.05) is 53.6 Å². The first-order valence-corrected chi connectivity index (χ1v) is 8.67. The van der Waals surface area contributed by atoms with Gasteiger partial charge in [0.15, 0.2) is 0 Å². The van der Waals surface area contributed by atoms with Crippen molar-refractivity contribution in [1.82, 2.24) is 9.80 Å². The standard InChI is InChI=1S/C19H32N2O2/c1-16-6-4-5-7-19(16)14-21-12-17(10-18(13-21)15-22)11-20(2)8-9-23-3/h4-7,17-18,22H,8-15H2,1-3H3/t17-,18+/m1/s1. The molecule has 1 aromatic carbocycles. The van der Waals surface area contributed by atoms with Gasteiger partial charge in [0.25, 0.3) is 0 Å². The van der Waals surface area contributed by atoms with Gasteiger partial charge in [-0.05, 0) is 43.4 Å². The summed E-state index contributed by atoms with van der Waals surface area (Å²) < 4.78 is 5.17. The van der Waals surface area contributed by atoms with Gasteiger partial charge in [-0.2, -0.15) is 0 Å². The molecule has 0 aliphatic carbocycles. The number of likely N-dealkylation sites (N-methyl/N-ethyl adjacent to an activating group) is 1. The number of aliphatic hydroxyl groups is 1. The molecular formula is C19H32N2O2. The Balaban J connectivity index is 1.93. The van der Waals surface area contributed by atoms with E-state index in [-0.39, 0.29) is 0 Å². The van der Waals surface area contributed by atoms with Crippen LogP contribution in [0.1, 0.15) is 17.5 Å².